The Kier molecular flexibility index (Phi) is 5.84. The highest BCUT2D eigenvalue weighted by Crippen LogP contribution is 2.50. The highest BCUT2D eigenvalue weighted by molar-refractivity contribution is 6.09. The summed E-state index contributed by atoms with van der Waals surface area (Å²) in [6, 6.07) is 47.6. The van der Waals surface area contributed by atoms with Crippen LogP contribution in [0.15, 0.2) is 146 Å². The molecule has 0 saturated heterocycles. The lowest BCUT2D eigenvalue weighted by Gasteiger charge is -2.25. The number of rotatable bonds is 4. The fourth-order valence-electron chi connectivity index (χ4n) is 7.23. The van der Waals surface area contributed by atoms with E-state index in [9.17, 15) is 0 Å². The van der Waals surface area contributed by atoms with Crippen molar-refractivity contribution >= 4 is 62.2 Å². The maximum atomic E-state index is 5.33. The second-order valence-electron chi connectivity index (χ2n) is 11.6. The average Bonchev–Trinajstić information content (AvgIpc) is 3.60. The van der Waals surface area contributed by atoms with Crippen molar-refractivity contribution in [2.24, 2.45) is 0 Å². The molecule has 0 unspecified atom stereocenters. The summed E-state index contributed by atoms with van der Waals surface area (Å²) >= 11 is 0. The van der Waals surface area contributed by atoms with Crippen molar-refractivity contribution in [1.29, 1.82) is 0 Å². The van der Waals surface area contributed by atoms with E-state index in [-0.39, 0.29) is 0 Å². The molecule has 0 bridgehead atoms. The van der Waals surface area contributed by atoms with Crippen LogP contribution < -0.4 is 4.90 Å². The van der Waals surface area contributed by atoms with Crippen LogP contribution in [0.1, 0.15) is 18.2 Å². The first kappa shape index (κ1) is 26.3. The van der Waals surface area contributed by atoms with Crippen molar-refractivity contribution in [3.8, 4) is 22.5 Å². The van der Waals surface area contributed by atoms with E-state index in [1.807, 2.05) is 6.08 Å². The van der Waals surface area contributed by atoms with Gasteiger partial charge in [-0.2, -0.15) is 0 Å². The molecule has 8 aromatic rings. The van der Waals surface area contributed by atoms with Crippen LogP contribution in [0, 0.1) is 0 Å². The van der Waals surface area contributed by atoms with Crippen molar-refractivity contribution in [1.82, 2.24) is 14.1 Å². The molecule has 4 nitrogen and oxygen atoms in total. The molecule has 3 heterocycles. The number of fused-ring (bicyclic) bond motifs is 10. The van der Waals surface area contributed by atoms with Gasteiger partial charge < -0.3 is 4.57 Å². The average molecular weight is 591 g/mol. The lowest BCUT2D eigenvalue weighted by atomic mass is 9.94. The van der Waals surface area contributed by atoms with E-state index < -0.39 is 0 Å². The number of para-hydroxylation sites is 4. The predicted molar refractivity (Wildman–Crippen MR) is 194 cm³/mol. The van der Waals surface area contributed by atoms with Crippen molar-refractivity contribution in [3.05, 3.63) is 157 Å². The lowest BCUT2D eigenvalue weighted by molar-refractivity contribution is 1.05. The number of allylic oxidation sites excluding steroid dienone is 1. The Morgan fingerprint density at radius 3 is 2.28 bits per heavy atom. The number of hydrogen-bond donors (Lipinski definition) is 0. The molecule has 0 amide bonds. The fourth-order valence-corrected chi connectivity index (χ4v) is 7.23. The summed E-state index contributed by atoms with van der Waals surface area (Å²) in [5.41, 5.74) is 12.1. The minimum absolute atomic E-state index is 0.859. The Balaban J connectivity index is 1.43. The topological polar surface area (TPSA) is 26.0 Å². The van der Waals surface area contributed by atoms with Crippen molar-refractivity contribution in [3.63, 3.8) is 0 Å². The largest absolute Gasteiger partial charge is 0.309 e. The highest BCUT2D eigenvalue weighted by Gasteiger charge is 2.30. The fraction of sp³-hybridized carbons (Fsp3) is 0.0238. The molecular formula is C42H30N4. The number of hydrogen-bond acceptors (Lipinski definition) is 2. The van der Waals surface area contributed by atoms with Crippen LogP contribution in [0.25, 0.3) is 67.4 Å². The Hall–Kier alpha value is -6.13. The van der Waals surface area contributed by atoms with E-state index >= 15 is 0 Å². The quantitative estimate of drug-likeness (QED) is 0.204. The number of imidazole rings is 1. The van der Waals surface area contributed by atoms with Gasteiger partial charge in [0.2, 0.25) is 5.95 Å². The molecule has 46 heavy (non-hydrogen) atoms. The van der Waals surface area contributed by atoms with Crippen LogP contribution in [0.5, 0.6) is 0 Å². The van der Waals surface area contributed by atoms with E-state index in [1.165, 1.54) is 27.3 Å². The summed E-state index contributed by atoms with van der Waals surface area (Å²) in [6.45, 7) is 6.30. The van der Waals surface area contributed by atoms with E-state index in [2.05, 4.69) is 173 Å². The first-order valence-corrected chi connectivity index (χ1v) is 15.6. The first-order valence-electron chi connectivity index (χ1n) is 15.6. The highest BCUT2D eigenvalue weighted by atomic mass is 15.3. The molecule has 0 spiro atoms. The van der Waals surface area contributed by atoms with E-state index in [1.54, 1.807) is 0 Å². The van der Waals surface area contributed by atoms with Gasteiger partial charge in [-0.1, -0.05) is 104 Å². The van der Waals surface area contributed by atoms with Gasteiger partial charge in [0.25, 0.3) is 0 Å². The summed E-state index contributed by atoms with van der Waals surface area (Å²) in [5.74, 6) is 0.859. The monoisotopic (exact) mass is 590 g/mol. The third-order valence-corrected chi connectivity index (χ3v) is 9.13. The summed E-state index contributed by atoms with van der Waals surface area (Å²) < 4.78 is 4.64. The number of benzene rings is 6. The molecule has 0 saturated carbocycles. The third kappa shape index (κ3) is 3.71. The molecule has 0 aliphatic carbocycles. The number of aromatic nitrogens is 3. The third-order valence-electron chi connectivity index (χ3n) is 9.13. The molecular weight excluding hydrogens is 560 g/mol. The van der Waals surface area contributed by atoms with Crippen LogP contribution in [0.2, 0.25) is 0 Å². The molecule has 1 aliphatic heterocycles. The van der Waals surface area contributed by atoms with Crippen molar-refractivity contribution in [2.45, 2.75) is 6.92 Å². The molecule has 0 atom stereocenters. The van der Waals surface area contributed by atoms with Gasteiger partial charge in [-0.05, 0) is 72.3 Å². The minimum atomic E-state index is 0.859. The minimum Gasteiger partial charge on any atom is -0.309 e. The first-order chi connectivity index (χ1) is 22.8. The molecule has 1 aliphatic rings. The zero-order valence-electron chi connectivity index (χ0n) is 25.4. The van der Waals surface area contributed by atoms with E-state index in [0.717, 1.165) is 56.5 Å². The second kappa shape index (κ2) is 10.2. The Morgan fingerprint density at radius 2 is 1.41 bits per heavy atom. The SMILES string of the molecule is C=Cc1c(/C=C\C)c2ccc(N3c4ccc5ccccc5c4-c4ccccc4-n4c3nc3ccccc34)cc2n1-c1ccccc1. The van der Waals surface area contributed by atoms with Crippen LogP contribution in [-0.2, 0) is 0 Å². The Bertz CT molecular complexity index is 2510. The van der Waals surface area contributed by atoms with Crippen molar-refractivity contribution in [2.75, 3.05) is 4.90 Å². The molecule has 0 fully saturated rings. The smallest absolute Gasteiger partial charge is 0.220 e. The van der Waals surface area contributed by atoms with Gasteiger partial charge in [-0.15, -0.1) is 0 Å². The lowest BCUT2D eigenvalue weighted by Crippen LogP contribution is -2.14. The van der Waals surface area contributed by atoms with Gasteiger partial charge in [-0.3, -0.25) is 9.47 Å². The van der Waals surface area contributed by atoms with Gasteiger partial charge in [0.15, 0.2) is 0 Å². The maximum Gasteiger partial charge on any atom is 0.220 e. The summed E-state index contributed by atoms with van der Waals surface area (Å²) in [6.07, 6.45) is 6.24. The summed E-state index contributed by atoms with van der Waals surface area (Å²) in [5, 5.41) is 3.59. The van der Waals surface area contributed by atoms with Crippen LogP contribution in [0.3, 0.4) is 0 Å². The Morgan fingerprint density at radius 1 is 0.630 bits per heavy atom. The zero-order chi connectivity index (χ0) is 30.8. The van der Waals surface area contributed by atoms with Crippen molar-refractivity contribution < 1.29 is 0 Å². The van der Waals surface area contributed by atoms with Gasteiger partial charge in [-0.25, -0.2) is 4.98 Å². The van der Waals surface area contributed by atoms with Crippen LogP contribution in [-0.4, -0.2) is 14.1 Å². The predicted octanol–water partition coefficient (Wildman–Crippen LogP) is 11.2. The van der Waals surface area contributed by atoms with Crippen LogP contribution in [0.4, 0.5) is 17.3 Å². The molecule has 218 valence electrons. The normalized spacial score (nSPS) is 12.4. The molecule has 9 rings (SSSR count). The van der Waals surface area contributed by atoms with E-state index in [0.29, 0.717) is 0 Å². The van der Waals surface area contributed by atoms with Gasteiger partial charge >= 0.3 is 0 Å². The molecule has 2 aromatic heterocycles. The maximum absolute atomic E-state index is 5.33. The molecule has 0 N–H and O–H groups in total. The van der Waals surface area contributed by atoms with Gasteiger partial charge in [0, 0.05) is 27.8 Å². The number of nitrogens with zero attached hydrogens (tertiary/aromatic N) is 4. The summed E-state index contributed by atoms with van der Waals surface area (Å²) in [4.78, 5) is 7.67. The van der Waals surface area contributed by atoms with Gasteiger partial charge in [0.1, 0.15) is 0 Å². The molecule has 6 aromatic carbocycles. The standard InChI is InChI=1S/C42H30N4/c1-3-14-32-33-25-24-30(27-40(33)44(36(32)4-2)29-16-6-5-7-17-29)45-39-26-23-28-15-8-9-18-31(28)41(39)34-19-10-12-21-37(34)46-38-22-13-11-20-35(38)43-42(45)46/h3-27H,2H2,1H3/b14-3-. The van der Waals surface area contributed by atoms with Gasteiger partial charge in [0.05, 0.1) is 39.3 Å². The Labute approximate surface area is 267 Å². The molecule has 4 heteroatoms. The summed E-state index contributed by atoms with van der Waals surface area (Å²) in [7, 11) is 0. The van der Waals surface area contributed by atoms with Crippen LogP contribution >= 0.6 is 0 Å². The zero-order valence-corrected chi connectivity index (χ0v) is 25.4. The van der Waals surface area contributed by atoms with E-state index in [4.69, 9.17) is 4.98 Å². The number of anilines is 3. The molecule has 0 radical (unpaired) electrons. The second-order valence-corrected chi connectivity index (χ2v) is 11.6.